The van der Waals surface area contributed by atoms with Gasteiger partial charge < -0.3 is 19.9 Å². The van der Waals surface area contributed by atoms with Crippen molar-refractivity contribution in [3.05, 3.63) is 70.4 Å². The first-order valence-electron chi connectivity index (χ1n) is 9.23. The fourth-order valence-corrected chi connectivity index (χ4v) is 3.91. The first-order chi connectivity index (χ1) is 14.1. The van der Waals surface area contributed by atoms with E-state index >= 15 is 0 Å². The van der Waals surface area contributed by atoms with Crippen molar-refractivity contribution >= 4 is 34.4 Å². The summed E-state index contributed by atoms with van der Waals surface area (Å²) in [5.74, 6) is 0.941. The van der Waals surface area contributed by atoms with Gasteiger partial charge >= 0.3 is 5.69 Å². The van der Waals surface area contributed by atoms with Crippen LogP contribution in [0, 0.1) is 0 Å². The molecule has 0 saturated carbocycles. The predicted molar refractivity (Wildman–Crippen MR) is 113 cm³/mol. The van der Waals surface area contributed by atoms with Crippen LogP contribution in [-0.2, 0) is 17.8 Å². The van der Waals surface area contributed by atoms with Crippen LogP contribution in [0.2, 0.25) is 0 Å². The molecule has 2 aromatic heterocycles. The Balaban J connectivity index is 1.40. The summed E-state index contributed by atoms with van der Waals surface area (Å²) in [5, 5.41) is 12.1. The van der Waals surface area contributed by atoms with Gasteiger partial charge in [-0.1, -0.05) is 42.1 Å². The van der Waals surface area contributed by atoms with Gasteiger partial charge in [-0.15, -0.1) is 10.2 Å². The highest BCUT2D eigenvalue weighted by Gasteiger charge is 2.14. The normalized spacial score (nSPS) is 11.1. The van der Waals surface area contributed by atoms with Gasteiger partial charge in [-0.25, -0.2) is 4.79 Å². The Kier molecular flexibility index (Phi) is 5.48. The molecule has 0 aliphatic carbocycles. The number of imidazole rings is 1. The van der Waals surface area contributed by atoms with E-state index in [4.69, 9.17) is 0 Å². The second-order valence-electron chi connectivity index (χ2n) is 6.48. The molecule has 2 aromatic carbocycles. The molecule has 0 fully saturated rings. The zero-order chi connectivity index (χ0) is 20.2. The Bertz CT molecular complexity index is 1190. The molecule has 2 heterocycles. The minimum absolute atomic E-state index is 0.150. The molecule has 0 atom stereocenters. The number of hydrogen-bond donors (Lipinski definition) is 3. The van der Waals surface area contributed by atoms with Crippen molar-refractivity contribution in [3.63, 3.8) is 0 Å². The van der Waals surface area contributed by atoms with E-state index in [1.54, 1.807) is 18.2 Å². The lowest BCUT2D eigenvalue weighted by Gasteiger charge is -2.08. The number of aromatic nitrogens is 5. The van der Waals surface area contributed by atoms with E-state index in [0.717, 1.165) is 17.5 Å². The number of nitrogens with one attached hydrogen (secondary N) is 3. The molecule has 0 aliphatic heterocycles. The summed E-state index contributed by atoms with van der Waals surface area (Å²) in [6.07, 6.45) is 0.698. The van der Waals surface area contributed by atoms with Gasteiger partial charge in [-0.2, -0.15) is 0 Å². The van der Waals surface area contributed by atoms with Crippen LogP contribution >= 0.6 is 11.8 Å². The summed E-state index contributed by atoms with van der Waals surface area (Å²) in [5.41, 5.74) is 2.87. The van der Waals surface area contributed by atoms with Crippen molar-refractivity contribution in [2.45, 2.75) is 25.0 Å². The molecule has 4 aromatic rings. The average Bonchev–Trinajstić information content (AvgIpc) is 3.28. The molecule has 0 saturated heterocycles. The number of carbonyl (C=O) groups excluding carboxylic acids is 1. The topological polar surface area (TPSA) is 108 Å². The Morgan fingerprint density at radius 2 is 1.90 bits per heavy atom. The van der Waals surface area contributed by atoms with Crippen molar-refractivity contribution in [1.29, 1.82) is 0 Å². The summed E-state index contributed by atoms with van der Waals surface area (Å²) in [6.45, 7) is 2.77. The van der Waals surface area contributed by atoms with Crippen molar-refractivity contribution < 1.29 is 4.79 Å². The largest absolute Gasteiger partial charge is 0.325 e. The molecular weight excluding hydrogens is 388 g/mol. The lowest BCUT2D eigenvalue weighted by Crippen LogP contribution is -2.14. The van der Waals surface area contributed by atoms with Crippen LogP contribution in [0.4, 0.5) is 5.69 Å². The molecule has 148 valence electrons. The van der Waals surface area contributed by atoms with Crippen molar-refractivity contribution in [2.75, 3.05) is 11.1 Å². The van der Waals surface area contributed by atoms with E-state index in [-0.39, 0.29) is 17.3 Å². The van der Waals surface area contributed by atoms with E-state index in [1.807, 2.05) is 29.7 Å². The number of thioether (sulfide) groups is 1. The van der Waals surface area contributed by atoms with E-state index in [1.165, 1.54) is 17.3 Å². The van der Waals surface area contributed by atoms with Gasteiger partial charge in [0.25, 0.3) is 0 Å². The highest BCUT2D eigenvalue weighted by molar-refractivity contribution is 7.99. The van der Waals surface area contributed by atoms with Gasteiger partial charge in [-0.3, -0.25) is 4.79 Å². The smallest absolute Gasteiger partial charge is 0.323 e. The molecule has 4 rings (SSSR count). The maximum absolute atomic E-state index is 12.4. The molecule has 1 amide bonds. The van der Waals surface area contributed by atoms with Crippen molar-refractivity contribution in [1.82, 2.24) is 24.7 Å². The fourth-order valence-electron chi connectivity index (χ4n) is 3.09. The molecule has 0 unspecified atom stereocenters. The number of amides is 1. The Hall–Kier alpha value is -3.33. The molecule has 0 aliphatic rings. The molecule has 0 spiro atoms. The van der Waals surface area contributed by atoms with Gasteiger partial charge in [0.1, 0.15) is 5.82 Å². The van der Waals surface area contributed by atoms with Gasteiger partial charge in [0.15, 0.2) is 5.16 Å². The summed E-state index contributed by atoms with van der Waals surface area (Å²) >= 11 is 1.35. The van der Waals surface area contributed by atoms with Crippen LogP contribution in [0.3, 0.4) is 0 Å². The first-order valence-corrected chi connectivity index (χ1v) is 10.2. The number of anilines is 1. The van der Waals surface area contributed by atoms with Gasteiger partial charge in [-0.05, 0) is 30.7 Å². The Labute approximate surface area is 170 Å². The number of H-pyrrole nitrogens is 2. The maximum Gasteiger partial charge on any atom is 0.323 e. The van der Waals surface area contributed by atoms with Crippen molar-refractivity contribution in [3.8, 4) is 0 Å². The van der Waals surface area contributed by atoms with Gasteiger partial charge in [0.05, 0.1) is 16.8 Å². The minimum atomic E-state index is -0.274. The standard InChI is InChI=1S/C20H20N6O2S/c1-2-26-17(10-13-6-4-3-5-7-13)24-25-20(26)29-12-18(27)21-14-8-9-15-16(11-14)23-19(28)22-15/h3-9,11H,2,10,12H2,1H3,(H,21,27)(H2,22,23,28). The highest BCUT2D eigenvalue weighted by atomic mass is 32.2. The minimum Gasteiger partial charge on any atom is -0.325 e. The number of carbonyl (C=O) groups is 1. The number of aromatic amines is 2. The van der Waals surface area contributed by atoms with E-state index < -0.39 is 0 Å². The molecular formula is C20H20N6O2S. The van der Waals surface area contributed by atoms with Crippen LogP contribution in [0.15, 0.2) is 58.5 Å². The zero-order valence-electron chi connectivity index (χ0n) is 15.8. The molecule has 0 bridgehead atoms. The number of benzene rings is 2. The lowest BCUT2D eigenvalue weighted by atomic mass is 10.1. The third-order valence-electron chi connectivity index (χ3n) is 4.45. The second-order valence-corrected chi connectivity index (χ2v) is 7.42. The Morgan fingerprint density at radius 3 is 2.69 bits per heavy atom. The quantitative estimate of drug-likeness (QED) is 0.408. The molecule has 9 heteroatoms. The van der Waals surface area contributed by atoms with E-state index in [2.05, 4.69) is 37.6 Å². The maximum atomic E-state index is 12.4. The number of nitrogens with zero attached hydrogens (tertiary/aromatic N) is 3. The Morgan fingerprint density at radius 1 is 1.10 bits per heavy atom. The molecule has 29 heavy (non-hydrogen) atoms. The predicted octanol–water partition coefficient (Wildman–Crippen LogP) is 2.79. The number of fused-ring (bicyclic) bond motifs is 1. The molecule has 3 N–H and O–H groups in total. The first kappa shape index (κ1) is 19.0. The van der Waals surface area contributed by atoms with Gasteiger partial charge in [0.2, 0.25) is 5.91 Å². The number of hydrogen-bond acceptors (Lipinski definition) is 5. The summed E-state index contributed by atoms with van der Waals surface area (Å²) in [7, 11) is 0. The van der Waals surface area contributed by atoms with Crippen LogP contribution in [0.25, 0.3) is 11.0 Å². The van der Waals surface area contributed by atoms with Crippen LogP contribution in [0.1, 0.15) is 18.3 Å². The SMILES string of the molecule is CCn1c(Cc2ccccc2)nnc1SCC(=O)Nc1ccc2[nH]c(=O)[nH]c2c1. The third-order valence-corrected chi connectivity index (χ3v) is 5.41. The monoisotopic (exact) mass is 408 g/mol. The van der Waals surface area contributed by atoms with Crippen LogP contribution < -0.4 is 11.0 Å². The average molecular weight is 408 g/mol. The van der Waals surface area contributed by atoms with Crippen LogP contribution in [-0.4, -0.2) is 36.4 Å². The van der Waals surface area contributed by atoms with E-state index in [9.17, 15) is 9.59 Å². The number of rotatable bonds is 7. The van der Waals surface area contributed by atoms with Gasteiger partial charge in [0, 0.05) is 18.7 Å². The molecule has 0 radical (unpaired) electrons. The third kappa shape index (κ3) is 4.40. The van der Waals surface area contributed by atoms with Crippen molar-refractivity contribution in [2.24, 2.45) is 0 Å². The highest BCUT2D eigenvalue weighted by Crippen LogP contribution is 2.20. The second kappa shape index (κ2) is 8.36. The zero-order valence-corrected chi connectivity index (χ0v) is 16.6. The summed E-state index contributed by atoms with van der Waals surface area (Å²) in [6, 6.07) is 15.3. The van der Waals surface area contributed by atoms with E-state index in [0.29, 0.717) is 23.1 Å². The lowest BCUT2D eigenvalue weighted by molar-refractivity contribution is -0.113. The summed E-state index contributed by atoms with van der Waals surface area (Å²) in [4.78, 5) is 29.0. The van der Waals surface area contributed by atoms with Crippen LogP contribution in [0.5, 0.6) is 0 Å². The fraction of sp³-hybridized carbons (Fsp3) is 0.200. The summed E-state index contributed by atoms with van der Waals surface area (Å²) < 4.78 is 2.03. The molecule has 8 nitrogen and oxygen atoms in total.